The van der Waals surface area contributed by atoms with Gasteiger partial charge in [0.1, 0.15) is 0 Å². The van der Waals surface area contributed by atoms with Crippen LogP contribution in [0.1, 0.15) is 36.5 Å². The summed E-state index contributed by atoms with van der Waals surface area (Å²) in [5.74, 6) is 0. The van der Waals surface area contributed by atoms with Crippen LogP contribution >= 0.6 is 0 Å². The fraction of sp³-hybridized carbons (Fsp3) is 0.533. The number of nitrogens with zero attached hydrogens (tertiary/aromatic N) is 4. The first-order valence-electron chi connectivity index (χ1n) is 7.57. The fourth-order valence-corrected chi connectivity index (χ4v) is 2.72. The van der Waals surface area contributed by atoms with Gasteiger partial charge in [-0.3, -0.25) is 9.48 Å². The molecule has 0 fully saturated rings. The molecule has 0 spiro atoms. The number of rotatable bonds is 4. The Morgan fingerprint density at radius 1 is 1.24 bits per heavy atom. The predicted octanol–water partition coefficient (Wildman–Crippen LogP) is 0.716. The van der Waals surface area contributed by atoms with Gasteiger partial charge in [0.05, 0.1) is 23.6 Å². The highest BCUT2D eigenvalue weighted by Crippen LogP contribution is 2.10. The van der Waals surface area contributed by atoms with E-state index in [1.165, 1.54) is 0 Å². The number of aromatic nitrogens is 4. The summed E-state index contributed by atoms with van der Waals surface area (Å²) in [4.78, 5) is 12.2. The molecule has 2 aromatic rings. The molecule has 1 N–H and O–H groups in total. The Hall–Kier alpha value is -1.95. The van der Waals surface area contributed by atoms with E-state index in [1.807, 2.05) is 4.68 Å². The minimum atomic E-state index is -0.0423. The third-order valence-corrected chi connectivity index (χ3v) is 3.91. The summed E-state index contributed by atoms with van der Waals surface area (Å²) < 4.78 is 3.51. The Balaban J connectivity index is 1.94. The molecule has 1 aliphatic heterocycles. The fourth-order valence-electron chi connectivity index (χ4n) is 2.72. The van der Waals surface area contributed by atoms with Crippen LogP contribution in [-0.4, -0.2) is 26.1 Å². The quantitative estimate of drug-likeness (QED) is 0.900. The van der Waals surface area contributed by atoms with E-state index in [4.69, 9.17) is 0 Å². The molecule has 0 aromatic carbocycles. The highest BCUT2D eigenvalue weighted by atomic mass is 16.1. The zero-order valence-electron chi connectivity index (χ0n) is 12.6. The highest BCUT2D eigenvalue weighted by molar-refractivity contribution is 5.20. The number of fused-ring (bicyclic) bond motifs is 1. The minimum Gasteiger partial charge on any atom is -0.312 e. The summed E-state index contributed by atoms with van der Waals surface area (Å²) in [6.07, 6.45) is 1.78. The topological polar surface area (TPSA) is 64.7 Å². The molecule has 3 heterocycles. The Bertz CT molecular complexity index is 701. The largest absolute Gasteiger partial charge is 0.312 e. The molecule has 0 aliphatic carbocycles. The average molecular weight is 287 g/mol. The maximum absolute atomic E-state index is 12.2. The summed E-state index contributed by atoms with van der Waals surface area (Å²) in [6, 6.07) is 3.78. The van der Waals surface area contributed by atoms with Crippen LogP contribution in [0.4, 0.5) is 0 Å². The van der Waals surface area contributed by atoms with Gasteiger partial charge in [-0.1, -0.05) is 6.92 Å². The van der Waals surface area contributed by atoms with Gasteiger partial charge in [0.2, 0.25) is 0 Å². The smallest absolute Gasteiger partial charge is 0.267 e. The van der Waals surface area contributed by atoms with Crippen molar-refractivity contribution in [3.8, 4) is 0 Å². The second kappa shape index (κ2) is 5.81. The number of hydrogen-bond acceptors (Lipinski definition) is 4. The second-order valence-corrected chi connectivity index (χ2v) is 5.34. The van der Waals surface area contributed by atoms with E-state index in [2.05, 4.69) is 35.4 Å². The van der Waals surface area contributed by atoms with Gasteiger partial charge in [-0.05, 0) is 25.0 Å². The van der Waals surface area contributed by atoms with E-state index in [-0.39, 0.29) is 5.56 Å². The minimum absolute atomic E-state index is 0.0423. The molecule has 1 aliphatic rings. The molecule has 6 heteroatoms. The Morgan fingerprint density at radius 3 is 2.86 bits per heavy atom. The summed E-state index contributed by atoms with van der Waals surface area (Å²) >= 11 is 0. The van der Waals surface area contributed by atoms with Gasteiger partial charge in [0.25, 0.3) is 5.56 Å². The van der Waals surface area contributed by atoms with Crippen molar-refractivity contribution in [3.05, 3.63) is 45.1 Å². The van der Waals surface area contributed by atoms with Crippen LogP contribution in [0, 0.1) is 0 Å². The van der Waals surface area contributed by atoms with E-state index in [0.717, 1.165) is 55.1 Å². The number of nitrogens with one attached hydrogen (secondary N) is 1. The molecule has 0 amide bonds. The molecule has 2 aromatic heterocycles. The van der Waals surface area contributed by atoms with Crippen molar-refractivity contribution in [1.29, 1.82) is 0 Å². The Morgan fingerprint density at radius 2 is 2.10 bits per heavy atom. The first-order valence-corrected chi connectivity index (χ1v) is 7.57. The molecule has 0 bridgehead atoms. The van der Waals surface area contributed by atoms with Crippen molar-refractivity contribution in [2.24, 2.45) is 0 Å². The third kappa shape index (κ3) is 2.76. The molecular formula is C15H21N5O. The van der Waals surface area contributed by atoms with E-state index in [1.54, 1.807) is 10.7 Å². The van der Waals surface area contributed by atoms with E-state index in [0.29, 0.717) is 6.54 Å². The van der Waals surface area contributed by atoms with Gasteiger partial charge in [-0.25, -0.2) is 4.68 Å². The third-order valence-electron chi connectivity index (χ3n) is 3.91. The monoisotopic (exact) mass is 287 g/mol. The first-order chi connectivity index (χ1) is 10.2. The van der Waals surface area contributed by atoms with Crippen LogP contribution in [-0.2, 0) is 32.5 Å². The number of hydrogen-bond donors (Lipinski definition) is 1. The molecule has 0 radical (unpaired) electrons. The second-order valence-electron chi connectivity index (χ2n) is 5.34. The average Bonchev–Trinajstić information content (AvgIpc) is 2.90. The van der Waals surface area contributed by atoms with Crippen molar-refractivity contribution < 1.29 is 0 Å². The van der Waals surface area contributed by atoms with Crippen LogP contribution in [0.25, 0.3) is 0 Å². The lowest BCUT2D eigenvalue weighted by atomic mass is 10.1. The zero-order valence-corrected chi connectivity index (χ0v) is 12.6. The first kappa shape index (κ1) is 14.0. The van der Waals surface area contributed by atoms with E-state index >= 15 is 0 Å². The van der Waals surface area contributed by atoms with Gasteiger partial charge < -0.3 is 5.32 Å². The van der Waals surface area contributed by atoms with Crippen molar-refractivity contribution >= 4 is 0 Å². The van der Waals surface area contributed by atoms with E-state index < -0.39 is 0 Å². The lowest BCUT2D eigenvalue weighted by molar-refractivity contribution is 0.531. The molecule has 21 heavy (non-hydrogen) atoms. The Labute approximate surface area is 123 Å². The van der Waals surface area contributed by atoms with Gasteiger partial charge in [0, 0.05) is 32.1 Å². The van der Waals surface area contributed by atoms with Crippen molar-refractivity contribution in [2.45, 2.75) is 46.3 Å². The van der Waals surface area contributed by atoms with Gasteiger partial charge in [-0.15, -0.1) is 0 Å². The maximum atomic E-state index is 12.2. The molecule has 0 unspecified atom stereocenters. The summed E-state index contributed by atoms with van der Waals surface area (Å²) in [5, 5.41) is 12.3. The van der Waals surface area contributed by atoms with Crippen LogP contribution in [0.2, 0.25) is 0 Å². The van der Waals surface area contributed by atoms with Gasteiger partial charge in [-0.2, -0.15) is 10.2 Å². The van der Waals surface area contributed by atoms with Crippen molar-refractivity contribution in [3.63, 3.8) is 0 Å². The van der Waals surface area contributed by atoms with Crippen LogP contribution in [0.3, 0.4) is 0 Å². The standard InChI is InChI=1S/C15H21N5O/c1-3-12-8-13(19(4-2)17-12)10-20-15(21)7-11-9-16-6-5-14(11)18-20/h7-8,16H,3-6,9-10H2,1-2H3. The molecule has 0 atom stereocenters. The lowest BCUT2D eigenvalue weighted by Crippen LogP contribution is -2.32. The Kier molecular flexibility index (Phi) is 3.88. The van der Waals surface area contributed by atoms with E-state index in [9.17, 15) is 4.79 Å². The van der Waals surface area contributed by atoms with Gasteiger partial charge in [0.15, 0.2) is 0 Å². The van der Waals surface area contributed by atoms with Crippen LogP contribution < -0.4 is 10.9 Å². The predicted molar refractivity (Wildman–Crippen MR) is 80.3 cm³/mol. The highest BCUT2D eigenvalue weighted by Gasteiger charge is 2.14. The molecule has 0 saturated carbocycles. The summed E-state index contributed by atoms with van der Waals surface area (Å²) in [5.41, 5.74) is 4.12. The van der Waals surface area contributed by atoms with Crippen molar-refractivity contribution in [1.82, 2.24) is 24.9 Å². The van der Waals surface area contributed by atoms with Crippen molar-refractivity contribution in [2.75, 3.05) is 6.54 Å². The molecule has 3 rings (SSSR count). The number of aryl methyl sites for hydroxylation is 2. The lowest BCUT2D eigenvalue weighted by Gasteiger charge is -2.17. The van der Waals surface area contributed by atoms with Crippen LogP contribution in [0.5, 0.6) is 0 Å². The molecule has 0 saturated heterocycles. The zero-order chi connectivity index (χ0) is 14.8. The van der Waals surface area contributed by atoms with Crippen LogP contribution in [0.15, 0.2) is 16.9 Å². The SMILES string of the molecule is CCc1cc(Cn2nc3c(cc2=O)CNCC3)n(CC)n1. The summed E-state index contributed by atoms with van der Waals surface area (Å²) in [7, 11) is 0. The normalized spacial score (nSPS) is 14.2. The van der Waals surface area contributed by atoms with Gasteiger partial charge >= 0.3 is 0 Å². The molecule has 6 nitrogen and oxygen atoms in total. The summed E-state index contributed by atoms with van der Waals surface area (Å²) in [6.45, 7) is 7.10. The maximum Gasteiger partial charge on any atom is 0.267 e. The molecular weight excluding hydrogens is 266 g/mol. The molecule has 112 valence electrons.